The number of rotatable bonds is 1. The van der Waals surface area contributed by atoms with Gasteiger partial charge in [0.2, 0.25) is 0 Å². The van der Waals surface area contributed by atoms with E-state index in [1.54, 1.807) is 0 Å². The minimum atomic E-state index is -0.688. The third kappa shape index (κ3) is 1.44. The van der Waals surface area contributed by atoms with Gasteiger partial charge in [-0.15, -0.1) is 0 Å². The maximum Gasteiger partial charge on any atom is 0.310 e. The van der Waals surface area contributed by atoms with Crippen molar-refractivity contribution in [3.63, 3.8) is 0 Å². The van der Waals surface area contributed by atoms with Gasteiger partial charge in [-0.05, 0) is 30.4 Å². The van der Waals surface area contributed by atoms with Crippen LogP contribution in [-0.2, 0) is 11.2 Å². The summed E-state index contributed by atoms with van der Waals surface area (Å²) in [6.07, 6.45) is 2.81. The standard InChI is InChI=1S/C11H12O2/c12-11(13)10-7-3-5-8-4-1-2-6-9(8)10/h1-2,4,6,10H,3,5,7H2,(H,12,13)/t10-/m0/s1. The lowest BCUT2D eigenvalue weighted by Gasteiger charge is -2.21. The second-order valence-corrected chi connectivity index (χ2v) is 3.48. The maximum atomic E-state index is 10.9. The van der Waals surface area contributed by atoms with E-state index < -0.39 is 5.97 Å². The van der Waals surface area contributed by atoms with Crippen LogP contribution in [0.5, 0.6) is 0 Å². The Balaban J connectivity index is 2.42. The minimum Gasteiger partial charge on any atom is -0.481 e. The average molecular weight is 176 g/mol. The Labute approximate surface area is 77.2 Å². The summed E-state index contributed by atoms with van der Waals surface area (Å²) in [5.74, 6) is -0.961. The van der Waals surface area contributed by atoms with Crippen LogP contribution in [0, 0.1) is 0 Å². The molecule has 1 N–H and O–H groups in total. The second-order valence-electron chi connectivity index (χ2n) is 3.48. The first-order valence-electron chi connectivity index (χ1n) is 4.59. The number of carbonyl (C=O) groups is 1. The van der Waals surface area contributed by atoms with Crippen LogP contribution in [0.4, 0.5) is 0 Å². The van der Waals surface area contributed by atoms with Crippen molar-refractivity contribution in [3.8, 4) is 0 Å². The molecule has 0 unspecified atom stereocenters. The summed E-state index contributed by atoms with van der Waals surface area (Å²) in [6, 6.07) is 7.86. The van der Waals surface area contributed by atoms with E-state index in [-0.39, 0.29) is 5.92 Å². The molecule has 68 valence electrons. The molecule has 0 bridgehead atoms. The fourth-order valence-corrected chi connectivity index (χ4v) is 2.01. The highest BCUT2D eigenvalue weighted by Gasteiger charge is 2.25. The number of hydrogen-bond acceptors (Lipinski definition) is 1. The van der Waals surface area contributed by atoms with Crippen molar-refractivity contribution in [2.24, 2.45) is 0 Å². The maximum absolute atomic E-state index is 10.9. The summed E-state index contributed by atoms with van der Waals surface area (Å²) in [7, 11) is 0. The Morgan fingerprint density at radius 3 is 2.92 bits per heavy atom. The summed E-state index contributed by atoms with van der Waals surface area (Å²) < 4.78 is 0. The molecule has 2 nitrogen and oxygen atoms in total. The topological polar surface area (TPSA) is 37.3 Å². The fraction of sp³-hybridized carbons (Fsp3) is 0.364. The number of benzene rings is 1. The predicted molar refractivity (Wildman–Crippen MR) is 49.8 cm³/mol. The van der Waals surface area contributed by atoms with Gasteiger partial charge in [-0.3, -0.25) is 4.79 Å². The van der Waals surface area contributed by atoms with E-state index in [4.69, 9.17) is 5.11 Å². The lowest BCUT2D eigenvalue weighted by Crippen LogP contribution is -2.17. The van der Waals surface area contributed by atoms with Gasteiger partial charge >= 0.3 is 5.97 Å². The van der Waals surface area contributed by atoms with Gasteiger partial charge < -0.3 is 5.11 Å². The fourth-order valence-electron chi connectivity index (χ4n) is 2.01. The van der Waals surface area contributed by atoms with E-state index in [0.29, 0.717) is 0 Å². The summed E-state index contributed by atoms with van der Waals surface area (Å²) >= 11 is 0. The summed E-state index contributed by atoms with van der Waals surface area (Å²) in [6.45, 7) is 0. The molecule has 1 aliphatic carbocycles. The first-order valence-corrected chi connectivity index (χ1v) is 4.59. The molecule has 2 heteroatoms. The van der Waals surface area contributed by atoms with E-state index in [1.807, 2.05) is 24.3 Å². The van der Waals surface area contributed by atoms with Crippen LogP contribution in [0.15, 0.2) is 24.3 Å². The molecule has 1 aromatic carbocycles. The lowest BCUT2D eigenvalue weighted by atomic mass is 9.83. The monoisotopic (exact) mass is 176 g/mol. The van der Waals surface area contributed by atoms with Gasteiger partial charge in [-0.1, -0.05) is 24.3 Å². The molecule has 1 aliphatic rings. The summed E-state index contributed by atoms with van der Waals surface area (Å²) in [5.41, 5.74) is 2.22. The molecule has 0 amide bonds. The molecule has 0 radical (unpaired) electrons. The number of aryl methyl sites for hydroxylation is 1. The number of aliphatic carboxylic acids is 1. The molecule has 0 fully saturated rings. The smallest absolute Gasteiger partial charge is 0.310 e. The van der Waals surface area contributed by atoms with E-state index >= 15 is 0 Å². The van der Waals surface area contributed by atoms with E-state index in [2.05, 4.69) is 0 Å². The van der Waals surface area contributed by atoms with Crippen molar-refractivity contribution in [2.75, 3.05) is 0 Å². The van der Waals surface area contributed by atoms with E-state index in [1.165, 1.54) is 5.56 Å². The normalized spacial score (nSPS) is 20.8. The van der Waals surface area contributed by atoms with Crippen LogP contribution >= 0.6 is 0 Å². The molecule has 0 saturated heterocycles. The Morgan fingerprint density at radius 2 is 2.15 bits per heavy atom. The van der Waals surface area contributed by atoms with Gasteiger partial charge in [0.1, 0.15) is 0 Å². The van der Waals surface area contributed by atoms with Gasteiger partial charge in [0.05, 0.1) is 5.92 Å². The van der Waals surface area contributed by atoms with Crippen LogP contribution in [0.3, 0.4) is 0 Å². The second kappa shape index (κ2) is 3.21. The Bertz CT molecular complexity index is 331. The van der Waals surface area contributed by atoms with Gasteiger partial charge in [-0.25, -0.2) is 0 Å². The molecule has 0 saturated carbocycles. The zero-order valence-electron chi connectivity index (χ0n) is 7.36. The van der Waals surface area contributed by atoms with Crippen molar-refractivity contribution < 1.29 is 9.90 Å². The molecular weight excluding hydrogens is 164 g/mol. The van der Waals surface area contributed by atoms with Crippen LogP contribution in [0.1, 0.15) is 29.9 Å². The highest BCUT2D eigenvalue weighted by Crippen LogP contribution is 2.31. The Kier molecular flexibility index (Phi) is 2.05. The van der Waals surface area contributed by atoms with Gasteiger partial charge in [-0.2, -0.15) is 0 Å². The van der Waals surface area contributed by atoms with Gasteiger partial charge in [0.15, 0.2) is 0 Å². The molecule has 1 aromatic rings. The SMILES string of the molecule is O=C(O)[C@H]1CCCc2ccccc21. The summed E-state index contributed by atoms with van der Waals surface area (Å²) in [5, 5.41) is 8.99. The minimum absolute atomic E-state index is 0.273. The lowest BCUT2D eigenvalue weighted by molar-refractivity contribution is -0.139. The third-order valence-corrected chi connectivity index (χ3v) is 2.67. The molecule has 1 atom stereocenters. The van der Waals surface area contributed by atoms with Crippen LogP contribution in [-0.4, -0.2) is 11.1 Å². The number of carboxylic acids is 1. The largest absolute Gasteiger partial charge is 0.481 e. The first kappa shape index (κ1) is 8.30. The van der Waals surface area contributed by atoms with Gasteiger partial charge in [0.25, 0.3) is 0 Å². The van der Waals surface area contributed by atoms with Crippen molar-refractivity contribution in [3.05, 3.63) is 35.4 Å². The Hall–Kier alpha value is -1.31. The number of hydrogen-bond donors (Lipinski definition) is 1. The number of carboxylic acid groups (broad SMARTS) is 1. The third-order valence-electron chi connectivity index (χ3n) is 2.67. The molecular formula is C11H12O2. The Morgan fingerprint density at radius 1 is 1.38 bits per heavy atom. The molecule has 0 spiro atoms. The highest BCUT2D eigenvalue weighted by molar-refractivity contribution is 5.77. The zero-order valence-corrected chi connectivity index (χ0v) is 7.36. The quantitative estimate of drug-likeness (QED) is 0.712. The molecule has 0 aromatic heterocycles. The number of fused-ring (bicyclic) bond motifs is 1. The van der Waals surface area contributed by atoms with Crippen molar-refractivity contribution in [1.29, 1.82) is 0 Å². The van der Waals surface area contributed by atoms with Crippen LogP contribution in [0.25, 0.3) is 0 Å². The molecule has 0 aliphatic heterocycles. The van der Waals surface area contributed by atoms with E-state index in [9.17, 15) is 4.79 Å². The van der Waals surface area contributed by atoms with Crippen LogP contribution < -0.4 is 0 Å². The zero-order chi connectivity index (χ0) is 9.26. The first-order chi connectivity index (χ1) is 6.29. The average Bonchev–Trinajstić information content (AvgIpc) is 2.17. The van der Waals surface area contributed by atoms with Crippen molar-refractivity contribution in [2.45, 2.75) is 25.2 Å². The predicted octanol–water partition coefficient (Wildman–Crippen LogP) is 2.19. The molecule has 0 heterocycles. The van der Waals surface area contributed by atoms with E-state index in [0.717, 1.165) is 24.8 Å². The van der Waals surface area contributed by atoms with Crippen molar-refractivity contribution >= 4 is 5.97 Å². The molecule has 13 heavy (non-hydrogen) atoms. The van der Waals surface area contributed by atoms with Gasteiger partial charge in [0, 0.05) is 0 Å². The van der Waals surface area contributed by atoms with Crippen LogP contribution in [0.2, 0.25) is 0 Å². The highest BCUT2D eigenvalue weighted by atomic mass is 16.4. The van der Waals surface area contributed by atoms with Crippen molar-refractivity contribution in [1.82, 2.24) is 0 Å². The molecule has 2 rings (SSSR count). The summed E-state index contributed by atoms with van der Waals surface area (Å²) in [4.78, 5) is 10.9.